The number of pyridine rings is 1. The third-order valence-corrected chi connectivity index (χ3v) is 5.63. The number of aryl methyl sites for hydroxylation is 2. The van der Waals surface area contributed by atoms with Crippen LogP contribution in [0.5, 0.6) is 0 Å². The van der Waals surface area contributed by atoms with Gasteiger partial charge in [0.2, 0.25) is 0 Å². The van der Waals surface area contributed by atoms with Gasteiger partial charge in [-0.25, -0.2) is 9.97 Å². The molecule has 0 radical (unpaired) electrons. The van der Waals surface area contributed by atoms with Gasteiger partial charge in [0.25, 0.3) is 0 Å². The van der Waals surface area contributed by atoms with Crippen LogP contribution in [0.15, 0.2) is 18.3 Å². The second kappa shape index (κ2) is 6.79. The molecular formula is C20H29N5. The molecular weight excluding hydrogens is 310 g/mol. The highest BCUT2D eigenvalue weighted by molar-refractivity contribution is 5.39. The van der Waals surface area contributed by atoms with Crippen molar-refractivity contribution in [2.75, 3.05) is 32.1 Å². The topological polar surface area (TPSA) is 37.2 Å². The lowest BCUT2D eigenvalue weighted by atomic mass is 10.0. The summed E-state index contributed by atoms with van der Waals surface area (Å²) in [6, 6.07) is 4.94. The van der Waals surface area contributed by atoms with Crippen molar-refractivity contribution in [1.29, 1.82) is 0 Å². The molecule has 1 unspecified atom stereocenters. The van der Waals surface area contributed by atoms with E-state index in [-0.39, 0.29) is 0 Å². The Morgan fingerprint density at radius 1 is 1.24 bits per heavy atom. The predicted octanol–water partition coefficient (Wildman–Crippen LogP) is 2.98. The van der Waals surface area contributed by atoms with Crippen molar-refractivity contribution >= 4 is 5.82 Å². The molecule has 2 aromatic rings. The first-order valence-corrected chi connectivity index (χ1v) is 9.53. The third-order valence-electron chi connectivity index (χ3n) is 5.63. The molecule has 2 aromatic heterocycles. The summed E-state index contributed by atoms with van der Waals surface area (Å²) in [4.78, 5) is 13.9. The van der Waals surface area contributed by atoms with Crippen molar-refractivity contribution in [3.63, 3.8) is 0 Å². The van der Waals surface area contributed by atoms with Crippen LogP contribution in [-0.4, -0.2) is 46.6 Å². The number of nitrogens with zero attached hydrogens (tertiary/aromatic N) is 5. The van der Waals surface area contributed by atoms with Crippen LogP contribution in [0.3, 0.4) is 0 Å². The molecule has 0 aromatic carbocycles. The van der Waals surface area contributed by atoms with Crippen molar-refractivity contribution in [2.45, 2.75) is 51.6 Å². The Hall–Kier alpha value is -1.88. The molecule has 1 saturated heterocycles. The Bertz CT molecular complexity index is 749. The third kappa shape index (κ3) is 3.30. The molecule has 0 amide bonds. The molecule has 0 bridgehead atoms. The van der Waals surface area contributed by atoms with E-state index < -0.39 is 0 Å². The number of fused-ring (bicyclic) bond motifs is 1. The maximum Gasteiger partial charge on any atom is 0.128 e. The van der Waals surface area contributed by atoms with Gasteiger partial charge < -0.3 is 9.47 Å². The van der Waals surface area contributed by atoms with Gasteiger partial charge in [-0.2, -0.15) is 0 Å². The fraction of sp³-hybridized carbons (Fsp3) is 0.600. The predicted molar refractivity (Wildman–Crippen MR) is 101 cm³/mol. The van der Waals surface area contributed by atoms with Crippen molar-refractivity contribution in [1.82, 2.24) is 19.4 Å². The van der Waals surface area contributed by atoms with E-state index in [4.69, 9.17) is 4.98 Å². The van der Waals surface area contributed by atoms with Gasteiger partial charge in [0.1, 0.15) is 11.6 Å². The molecule has 1 aliphatic heterocycles. The maximum atomic E-state index is 4.87. The minimum atomic E-state index is 0.588. The zero-order valence-electron chi connectivity index (χ0n) is 15.7. The second-order valence-corrected chi connectivity index (χ2v) is 7.72. The molecule has 1 atom stereocenters. The van der Waals surface area contributed by atoms with Gasteiger partial charge in [0.15, 0.2) is 0 Å². The summed E-state index contributed by atoms with van der Waals surface area (Å²) in [5.41, 5.74) is 4.24. The average molecular weight is 339 g/mol. The van der Waals surface area contributed by atoms with Crippen molar-refractivity contribution in [3.05, 3.63) is 41.1 Å². The fourth-order valence-corrected chi connectivity index (χ4v) is 4.41. The molecule has 2 aliphatic rings. The lowest BCUT2D eigenvalue weighted by Crippen LogP contribution is -2.23. The zero-order valence-corrected chi connectivity index (χ0v) is 15.7. The summed E-state index contributed by atoms with van der Waals surface area (Å²) < 4.78 is 2.56. The van der Waals surface area contributed by atoms with E-state index in [1.54, 1.807) is 0 Å². The van der Waals surface area contributed by atoms with Gasteiger partial charge in [0.05, 0.1) is 5.69 Å². The number of anilines is 1. The van der Waals surface area contributed by atoms with Gasteiger partial charge in [-0.1, -0.05) is 0 Å². The van der Waals surface area contributed by atoms with E-state index in [9.17, 15) is 0 Å². The minimum Gasteiger partial charge on any atom is -0.363 e. The summed E-state index contributed by atoms with van der Waals surface area (Å²) in [5, 5.41) is 0. The van der Waals surface area contributed by atoms with Crippen molar-refractivity contribution < 1.29 is 0 Å². The van der Waals surface area contributed by atoms with E-state index in [2.05, 4.69) is 38.4 Å². The van der Waals surface area contributed by atoms with Crippen LogP contribution < -0.4 is 4.90 Å². The van der Waals surface area contributed by atoms with Crippen LogP contribution in [0.2, 0.25) is 0 Å². The smallest absolute Gasteiger partial charge is 0.128 e. The molecule has 25 heavy (non-hydrogen) atoms. The normalized spacial score (nSPS) is 20.7. The molecule has 4 rings (SSSR count). The van der Waals surface area contributed by atoms with Crippen LogP contribution in [0.25, 0.3) is 0 Å². The summed E-state index contributed by atoms with van der Waals surface area (Å²) in [6.07, 6.45) is 8.16. The van der Waals surface area contributed by atoms with Crippen molar-refractivity contribution in [3.8, 4) is 0 Å². The maximum absolute atomic E-state index is 4.87. The first kappa shape index (κ1) is 16.6. The number of likely N-dealkylation sites (tertiary alicyclic amines) is 1. The van der Waals surface area contributed by atoms with Crippen LogP contribution in [-0.2, 0) is 19.4 Å². The zero-order chi connectivity index (χ0) is 17.4. The SMILES string of the molecule is Cc1nc2c(n1C1CCN(Cc3ccnc(N(C)C)c3)C1)CCCC2. The number of rotatable bonds is 4. The van der Waals surface area contributed by atoms with Crippen LogP contribution in [0, 0.1) is 6.92 Å². The quantitative estimate of drug-likeness (QED) is 0.858. The Morgan fingerprint density at radius 3 is 2.92 bits per heavy atom. The first-order valence-electron chi connectivity index (χ1n) is 9.53. The lowest BCUT2D eigenvalue weighted by molar-refractivity contribution is 0.314. The number of hydrogen-bond acceptors (Lipinski definition) is 4. The second-order valence-electron chi connectivity index (χ2n) is 7.72. The highest BCUT2D eigenvalue weighted by atomic mass is 15.2. The molecule has 134 valence electrons. The van der Waals surface area contributed by atoms with Crippen LogP contribution >= 0.6 is 0 Å². The molecule has 1 fully saturated rings. The Labute approximate surface area is 150 Å². The van der Waals surface area contributed by atoms with E-state index in [1.807, 2.05) is 20.3 Å². The highest BCUT2D eigenvalue weighted by Gasteiger charge is 2.29. The minimum absolute atomic E-state index is 0.588. The lowest BCUT2D eigenvalue weighted by Gasteiger charge is -2.21. The molecule has 0 saturated carbocycles. The van der Waals surface area contributed by atoms with Gasteiger partial charge in [-0.3, -0.25) is 4.90 Å². The molecule has 1 aliphatic carbocycles. The highest BCUT2D eigenvalue weighted by Crippen LogP contribution is 2.30. The first-order chi connectivity index (χ1) is 12.1. The molecule has 3 heterocycles. The summed E-state index contributed by atoms with van der Waals surface area (Å²) in [5.74, 6) is 2.25. The largest absolute Gasteiger partial charge is 0.363 e. The molecule has 0 N–H and O–H groups in total. The standard InChI is InChI=1S/C20H29N5/c1-15-22-18-6-4-5-7-19(18)25(15)17-9-11-24(14-17)13-16-8-10-21-20(12-16)23(2)3/h8,10,12,17H,4-7,9,11,13-14H2,1-3H3. The summed E-state index contributed by atoms with van der Waals surface area (Å²) >= 11 is 0. The molecule has 5 nitrogen and oxygen atoms in total. The number of imidazole rings is 1. The summed E-state index contributed by atoms with van der Waals surface area (Å²) in [6.45, 7) is 5.49. The van der Waals surface area contributed by atoms with Gasteiger partial charge in [-0.05, 0) is 56.7 Å². The Balaban J connectivity index is 1.47. The van der Waals surface area contributed by atoms with E-state index in [0.29, 0.717) is 6.04 Å². The summed E-state index contributed by atoms with van der Waals surface area (Å²) in [7, 11) is 4.09. The number of aromatic nitrogens is 3. The average Bonchev–Trinajstić information content (AvgIpc) is 3.18. The fourth-order valence-electron chi connectivity index (χ4n) is 4.41. The Morgan fingerprint density at radius 2 is 2.08 bits per heavy atom. The van der Waals surface area contributed by atoms with E-state index in [0.717, 1.165) is 25.5 Å². The molecule has 5 heteroatoms. The monoisotopic (exact) mass is 339 g/mol. The van der Waals surface area contributed by atoms with Crippen molar-refractivity contribution in [2.24, 2.45) is 0 Å². The van der Waals surface area contributed by atoms with Gasteiger partial charge in [0, 0.05) is 51.7 Å². The number of hydrogen-bond donors (Lipinski definition) is 0. The molecule has 0 spiro atoms. The van der Waals surface area contributed by atoms with Crippen LogP contribution in [0.1, 0.15) is 48.1 Å². The van der Waals surface area contributed by atoms with Gasteiger partial charge in [-0.15, -0.1) is 0 Å². The van der Waals surface area contributed by atoms with Gasteiger partial charge >= 0.3 is 0 Å². The van der Waals surface area contributed by atoms with E-state index >= 15 is 0 Å². The van der Waals surface area contributed by atoms with E-state index in [1.165, 1.54) is 54.9 Å². The Kier molecular flexibility index (Phi) is 4.50. The van der Waals surface area contributed by atoms with Crippen LogP contribution in [0.4, 0.5) is 5.82 Å².